The van der Waals surface area contributed by atoms with Crippen molar-refractivity contribution in [1.29, 1.82) is 0 Å². The Morgan fingerprint density at radius 3 is 2.44 bits per heavy atom. The zero-order valence-corrected chi connectivity index (χ0v) is 9.55. The first-order valence-corrected chi connectivity index (χ1v) is 5.37. The van der Waals surface area contributed by atoms with E-state index in [0.29, 0.717) is 0 Å². The number of hydrogen-bond donors (Lipinski definition) is 6. The molecule has 1 fully saturated rings. The molecule has 1 aliphatic rings. The molecule has 9 heteroatoms. The molecule has 6 atom stereocenters. The van der Waals surface area contributed by atoms with Gasteiger partial charge >= 0.3 is 5.97 Å². The maximum Gasteiger partial charge on any atom is 0.327 e. The topological polar surface area (TPSA) is 168 Å². The number of carbonyl (C=O) groups excluding carboxylic acids is 1. The van der Waals surface area contributed by atoms with Gasteiger partial charge in [-0.3, -0.25) is 4.79 Å². The molecule has 0 bridgehead atoms. The number of rotatable bonds is 4. The van der Waals surface area contributed by atoms with E-state index in [1.807, 2.05) is 0 Å². The molecule has 0 radical (unpaired) electrons. The van der Waals surface area contributed by atoms with Crippen molar-refractivity contribution in [2.24, 2.45) is 11.5 Å². The molecule has 0 saturated carbocycles. The van der Waals surface area contributed by atoms with E-state index in [1.54, 1.807) is 0 Å². The highest BCUT2D eigenvalue weighted by Gasteiger charge is 2.44. The minimum Gasteiger partial charge on any atom is -0.433 e. The Kier molecular flexibility index (Phi) is 5.41. The molecule has 0 unspecified atom stereocenters. The van der Waals surface area contributed by atoms with Crippen molar-refractivity contribution in [3.8, 4) is 0 Å². The normalized spacial score (nSPS) is 38.2. The molecular weight excluding hydrogens is 248 g/mol. The van der Waals surface area contributed by atoms with Crippen LogP contribution in [-0.2, 0) is 14.3 Å². The summed E-state index contributed by atoms with van der Waals surface area (Å²) in [7, 11) is 0. The van der Waals surface area contributed by atoms with E-state index in [-0.39, 0.29) is 0 Å². The third-order valence-electron chi connectivity index (χ3n) is 2.66. The molecule has 1 rings (SSSR count). The van der Waals surface area contributed by atoms with E-state index < -0.39 is 55.9 Å². The van der Waals surface area contributed by atoms with Crippen LogP contribution in [0.2, 0.25) is 0 Å². The van der Waals surface area contributed by atoms with Crippen LogP contribution >= 0.6 is 0 Å². The summed E-state index contributed by atoms with van der Waals surface area (Å²) in [6.07, 6.45) is -5.28. The molecule has 1 aliphatic heterocycles. The van der Waals surface area contributed by atoms with Crippen LogP contribution in [0.1, 0.15) is 0 Å². The van der Waals surface area contributed by atoms with Gasteiger partial charge in [0.15, 0.2) is 0 Å². The summed E-state index contributed by atoms with van der Waals surface area (Å²) in [5.41, 5.74) is 10.7. The summed E-state index contributed by atoms with van der Waals surface area (Å²) >= 11 is 0. The minimum atomic E-state index is -1.42. The smallest absolute Gasteiger partial charge is 0.327 e. The highest BCUT2D eigenvalue weighted by molar-refractivity contribution is 5.75. The first-order chi connectivity index (χ1) is 8.42. The molecule has 106 valence electrons. The number of nitrogens with two attached hydrogens (primary N) is 2. The predicted octanol–water partition coefficient (Wildman–Crippen LogP) is -4.38. The van der Waals surface area contributed by atoms with Gasteiger partial charge in [-0.1, -0.05) is 0 Å². The highest BCUT2D eigenvalue weighted by Crippen LogP contribution is 2.20. The van der Waals surface area contributed by atoms with Gasteiger partial charge < -0.3 is 41.4 Å². The van der Waals surface area contributed by atoms with Crippen LogP contribution in [-0.4, -0.2) is 76.3 Å². The summed E-state index contributed by atoms with van der Waals surface area (Å²) in [6, 6.07) is -2.44. The van der Waals surface area contributed by atoms with Gasteiger partial charge in [-0.05, 0) is 0 Å². The first-order valence-electron chi connectivity index (χ1n) is 5.37. The second-order valence-corrected chi connectivity index (χ2v) is 4.01. The van der Waals surface area contributed by atoms with E-state index in [9.17, 15) is 15.0 Å². The molecule has 9 nitrogen and oxygen atoms in total. The van der Waals surface area contributed by atoms with E-state index in [0.717, 1.165) is 0 Å². The van der Waals surface area contributed by atoms with Crippen molar-refractivity contribution in [2.75, 3.05) is 13.2 Å². The molecule has 0 aromatic heterocycles. The fourth-order valence-corrected chi connectivity index (χ4v) is 1.49. The van der Waals surface area contributed by atoms with Crippen molar-refractivity contribution in [1.82, 2.24) is 0 Å². The van der Waals surface area contributed by atoms with Crippen molar-refractivity contribution in [3.05, 3.63) is 0 Å². The van der Waals surface area contributed by atoms with Gasteiger partial charge in [-0.25, -0.2) is 0 Å². The second-order valence-electron chi connectivity index (χ2n) is 4.01. The number of hydrogen-bond acceptors (Lipinski definition) is 9. The zero-order chi connectivity index (χ0) is 13.9. The van der Waals surface area contributed by atoms with Gasteiger partial charge in [0.2, 0.25) is 6.29 Å². The maximum atomic E-state index is 11.3. The van der Waals surface area contributed by atoms with Crippen LogP contribution in [0.5, 0.6) is 0 Å². The van der Waals surface area contributed by atoms with Crippen LogP contribution in [0, 0.1) is 0 Å². The molecule has 0 spiro atoms. The number of aliphatic hydroxyl groups is 4. The minimum absolute atomic E-state index is 0.578. The van der Waals surface area contributed by atoms with Gasteiger partial charge in [-0.15, -0.1) is 0 Å². The Labute approximate surface area is 103 Å². The van der Waals surface area contributed by atoms with Crippen LogP contribution in [0.15, 0.2) is 0 Å². The van der Waals surface area contributed by atoms with E-state index in [1.165, 1.54) is 0 Å². The molecule has 0 aromatic carbocycles. The summed E-state index contributed by atoms with van der Waals surface area (Å²) in [5.74, 6) is -0.960. The largest absolute Gasteiger partial charge is 0.433 e. The zero-order valence-electron chi connectivity index (χ0n) is 9.55. The van der Waals surface area contributed by atoms with Crippen LogP contribution in [0.4, 0.5) is 0 Å². The molecule has 1 heterocycles. The lowest BCUT2D eigenvalue weighted by Crippen LogP contribution is -2.63. The highest BCUT2D eigenvalue weighted by atomic mass is 16.7. The Morgan fingerprint density at radius 1 is 1.33 bits per heavy atom. The quantitative estimate of drug-likeness (QED) is 0.275. The molecule has 0 aromatic rings. The maximum absolute atomic E-state index is 11.3. The van der Waals surface area contributed by atoms with Crippen molar-refractivity contribution in [2.45, 2.75) is 36.7 Å². The summed E-state index contributed by atoms with van der Waals surface area (Å²) in [6.45, 7) is -1.19. The fourth-order valence-electron chi connectivity index (χ4n) is 1.49. The van der Waals surface area contributed by atoms with Crippen LogP contribution in [0.3, 0.4) is 0 Å². The SMILES string of the molecule is N[C@H]1[C@@H](OC(=O)[C@@H](N)CO)O[C@H](CO)[C@H](O)[C@@H]1O. The van der Waals surface area contributed by atoms with Gasteiger partial charge in [-0.2, -0.15) is 0 Å². The number of aliphatic hydroxyl groups excluding tert-OH is 4. The number of carbonyl (C=O) groups is 1. The van der Waals surface area contributed by atoms with Crippen molar-refractivity contribution >= 4 is 5.97 Å². The Bertz CT molecular complexity index is 288. The number of esters is 1. The third-order valence-corrected chi connectivity index (χ3v) is 2.66. The summed E-state index contributed by atoms with van der Waals surface area (Å²) < 4.78 is 9.78. The first kappa shape index (κ1) is 15.2. The molecule has 18 heavy (non-hydrogen) atoms. The van der Waals surface area contributed by atoms with Gasteiger partial charge in [0.05, 0.1) is 19.3 Å². The molecule has 8 N–H and O–H groups in total. The Balaban J connectivity index is 2.67. The summed E-state index contributed by atoms with van der Waals surface area (Å²) in [5, 5.41) is 36.7. The molecular formula is C9H18N2O7. The van der Waals surface area contributed by atoms with Crippen LogP contribution in [0.25, 0.3) is 0 Å². The molecule has 0 aliphatic carbocycles. The van der Waals surface area contributed by atoms with E-state index in [4.69, 9.17) is 31.2 Å². The van der Waals surface area contributed by atoms with E-state index in [2.05, 4.69) is 0 Å². The second kappa shape index (κ2) is 6.38. The molecule has 1 saturated heterocycles. The predicted molar refractivity (Wildman–Crippen MR) is 56.9 cm³/mol. The monoisotopic (exact) mass is 266 g/mol. The standard InChI is InChI=1S/C9H18N2O7/c10-3(1-12)8(16)18-9-5(11)7(15)6(14)4(2-13)17-9/h3-7,9,12-15H,1-2,10-11H2/t3-,4+,5+,6-,7+,9+/m0/s1. The van der Waals surface area contributed by atoms with Crippen LogP contribution < -0.4 is 11.5 Å². The lowest BCUT2D eigenvalue weighted by Gasteiger charge is -2.40. The van der Waals surface area contributed by atoms with Gasteiger partial charge in [0.25, 0.3) is 0 Å². The Morgan fingerprint density at radius 2 is 1.94 bits per heavy atom. The average molecular weight is 266 g/mol. The number of ether oxygens (including phenoxy) is 2. The molecule has 0 amide bonds. The third kappa shape index (κ3) is 3.14. The lowest BCUT2D eigenvalue weighted by molar-refractivity contribution is -0.259. The van der Waals surface area contributed by atoms with Gasteiger partial charge in [0, 0.05) is 0 Å². The lowest BCUT2D eigenvalue weighted by atomic mass is 9.98. The Hall–Kier alpha value is -0.810. The fraction of sp³-hybridized carbons (Fsp3) is 0.889. The van der Waals surface area contributed by atoms with Gasteiger partial charge in [0.1, 0.15) is 24.4 Å². The van der Waals surface area contributed by atoms with Crippen molar-refractivity contribution in [3.63, 3.8) is 0 Å². The summed E-state index contributed by atoms with van der Waals surface area (Å²) in [4.78, 5) is 11.3. The average Bonchev–Trinajstić information content (AvgIpc) is 2.38. The van der Waals surface area contributed by atoms with E-state index >= 15 is 0 Å². The van der Waals surface area contributed by atoms with Crippen molar-refractivity contribution < 1.29 is 34.7 Å².